The van der Waals surface area contributed by atoms with Crippen LogP contribution in [-0.4, -0.2) is 26.8 Å². The van der Waals surface area contributed by atoms with Gasteiger partial charge in [-0.3, -0.25) is 0 Å². The lowest BCUT2D eigenvalue weighted by Gasteiger charge is -2.24. The van der Waals surface area contributed by atoms with E-state index in [-0.39, 0.29) is 6.04 Å². The van der Waals surface area contributed by atoms with E-state index in [1.165, 1.54) is 17.7 Å². The third-order valence-corrected chi connectivity index (χ3v) is 3.80. The van der Waals surface area contributed by atoms with Gasteiger partial charge in [0.05, 0.1) is 6.61 Å². The Morgan fingerprint density at radius 1 is 1.44 bits per heavy atom. The predicted octanol–water partition coefficient (Wildman–Crippen LogP) is 2.57. The Morgan fingerprint density at radius 3 is 2.94 bits per heavy atom. The van der Waals surface area contributed by atoms with Crippen molar-refractivity contribution in [3.8, 4) is 0 Å². The highest BCUT2D eigenvalue weighted by molar-refractivity contribution is 5.55. The van der Waals surface area contributed by atoms with E-state index in [0.717, 1.165) is 26.1 Å². The molecule has 1 fully saturated rings. The van der Waals surface area contributed by atoms with Gasteiger partial charge in [-0.1, -0.05) is 25.1 Å². The summed E-state index contributed by atoms with van der Waals surface area (Å²) in [4.78, 5) is 2.45. The van der Waals surface area contributed by atoms with Gasteiger partial charge in [0.15, 0.2) is 0 Å². The molecule has 3 nitrogen and oxygen atoms in total. The molecule has 0 bridgehead atoms. The summed E-state index contributed by atoms with van der Waals surface area (Å²) >= 11 is 0. The van der Waals surface area contributed by atoms with E-state index >= 15 is 0 Å². The standard InChI is InChI=1S/C15H24N2O/c1-3-14(16)13-6-4-5-7-15(13)17-9-8-12(10-17)11-18-2/h4-7,12,14H,3,8-11,16H2,1-2H3. The molecule has 0 aliphatic carbocycles. The Morgan fingerprint density at radius 2 is 2.22 bits per heavy atom. The third-order valence-electron chi connectivity index (χ3n) is 3.80. The van der Waals surface area contributed by atoms with Crippen LogP contribution in [0.2, 0.25) is 0 Å². The zero-order valence-electron chi connectivity index (χ0n) is 11.4. The number of nitrogens with zero attached hydrogens (tertiary/aromatic N) is 1. The van der Waals surface area contributed by atoms with Crippen LogP contribution >= 0.6 is 0 Å². The molecule has 100 valence electrons. The third kappa shape index (κ3) is 2.85. The van der Waals surface area contributed by atoms with Gasteiger partial charge in [0, 0.05) is 37.8 Å². The molecule has 2 rings (SSSR count). The van der Waals surface area contributed by atoms with E-state index in [0.29, 0.717) is 5.92 Å². The second-order valence-corrected chi connectivity index (χ2v) is 5.13. The largest absolute Gasteiger partial charge is 0.384 e. The van der Waals surface area contributed by atoms with Crippen molar-refractivity contribution >= 4 is 5.69 Å². The van der Waals surface area contributed by atoms with E-state index in [2.05, 4.69) is 36.1 Å². The molecule has 1 aliphatic rings. The van der Waals surface area contributed by atoms with Crippen molar-refractivity contribution < 1.29 is 4.74 Å². The van der Waals surface area contributed by atoms with Gasteiger partial charge >= 0.3 is 0 Å². The molecule has 18 heavy (non-hydrogen) atoms. The molecule has 0 amide bonds. The molecule has 1 aromatic carbocycles. The van der Waals surface area contributed by atoms with Crippen LogP contribution in [-0.2, 0) is 4.74 Å². The van der Waals surface area contributed by atoms with Crippen LogP contribution in [0.5, 0.6) is 0 Å². The van der Waals surface area contributed by atoms with Crippen LogP contribution in [0.1, 0.15) is 31.4 Å². The first kappa shape index (κ1) is 13.4. The summed E-state index contributed by atoms with van der Waals surface area (Å²) in [6.45, 7) is 5.19. The molecule has 0 spiro atoms. The number of nitrogens with two attached hydrogens (primary N) is 1. The van der Waals surface area contributed by atoms with Crippen LogP contribution in [0.4, 0.5) is 5.69 Å². The minimum absolute atomic E-state index is 0.141. The second kappa shape index (κ2) is 6.21. The summed E-state index contributed by atoms with van der Waals surface area (Å²) < 4.78 is 5.26. The van der Waals surface area contributed by atoms with Gasteiger partial charge in [-0.15, -0.1) is 0 Å². The maximum atomic E-state index is 6.20. The number of hydrogen-bond donors (Lipinski definition) is 1. The SMILES string of the molecule is CCC(N)c1ccccc1N1CCC(COC)C1. The molecule has 0 saturated carbocycles. The summed E-state index contributed by atoms with van der Waals surface area (Å²) in [5.74, 6) is 0.654. The number of para-hydroxylation sites is 1. The van der Waals surface area contributed by atoms with Gasteiger partial charge in [-0.05, 0) is 24.5 Å². The first-order chi connectivity index (χ1) is 8.76. The van der Waals surface area contributed by atoms with Crippen LogP contribution < -0.4 is 10.6 Å². The number of benzene rings is 1. The highest BCUT2D eigenvalue weighted by Crippen LogP contribution is 2.30. The molecule has 0 radical (unpaired) electrons. The Kier molecular flexibility index (Phi) is 4.61. The van der Waals surface area contributed by atoms with Crippen molar-refractivity contribution in [2.45, 2.75) is 25.8 Å². The molecule has 2 unspecified atom stereocenters. The predicted molar refractivity (Wildman–Crippen MR) is 75.9 cm³/mol. The van der Waals surface area contributed by atoms with E-state index < -0.39 is 0 Å². The van der Waals surface area contributed by atoms with Crippen molar-refractivity contribution in [2.75, 3.05) is 31.7 Å². The Labute approximate surface area is 110 Å². The molecule has 3 heteroatoms. The minimum Gasteiger partial charge on any atom is -0.384 e. The Hall–Kier alpha value is -1.06. The van der Waals surface area contributed by atoms with Crippen LogP contribution in [0.3, 0.4) is 0 Å². The van der Waals surface area contributed by atoms with Crippen LogP contribution in [0, 0.1) is 5.92 Å². The van der Waals surface area contributed by atoms with Crippen molar-refractivity contribution in [1.82, 2.24) is 0 Å². The fourth-order valence-corrected chi connectivity index (χ4v) is 2.73. The molecule has 2 N–H and O–H groups in total. The topological polar surface area (TPSA) is 38.5 Å². The normalized spacial score (nSPS) is 21.3. The van der Waals surface area contributed by atoms with Gasteiger partial charge in [0.25, 0.3) is 0 Å². The summed E-state index contributed by atoms with van der Waals surface area (Å²) in [6, 6.07) is 8.68. The zero-order chi connectivity index (χ0) is 13.0. The molecule has 1 aliphatic heterocycles. The lowest BCUT2D eigenvalue weighted by atomic mass is 10.0. The first-order valence-electron chi connectivity index (χ1n) is 6.84. The van der Waals surface area contributed by atoms with E-state index in [4.69, 9.17) is 10.5 Å². The maximum Gasteiger partial charge on any atom is 0.0508 e. The molecule has 2 atom stereocenters. The number of ether oxygens (including phenoxy) is 1. The quantitative estimate of drug-likeness (QED) is 0.870. The van der Waals surface area contributed by atoms with E-state index in [9.17, 15) is 0 Å². The monoisotopic (exact) mass is 248 g/mol. The highest BCUT2D eigenvalue weighted by atomic mass is 16.5. The van der Waals surface area contributed by atoms with Crippen molar-refractivity contribution in [1.29, 1.82) is 0 Å². The molecule has 0 aromatic heterocycles. The van der Waals surface area contributed by atoms with Gasteiger partial charge in [-0.25, -0.2) is 0 Å². The van der Waals surface area contributed by atoms with Crippen molar-refractivity contribution in [3.63, 3.8) is 0 Å². The Bertz CT molecular complexity index is 381. The molecular weight excluding hydrogens is 224 g/mol. The average molecular weight is 248 g/mol. The summed E-state index contributed by atoms with van der Waals surface area (Å²) in [6.07, 6.45) is 2.19. The van der Waals surface area contributed by atoms with Crippen molar-refractivity contribution in [3.05, 3.63) is 29.8 Å². The number of anilines is 1. The van der Waals surface area contributed by atoms with E-state index in [1.54, 1.807) is 7.11 Å². The lowest BCUT2D eigenvalue weighted by molar-refractivity contribution is 0.161. The van der Waals surface area contributed by atoms with Crippen molar-refractivity contribution in [2.24, 2.45) is 11.7 Å². The molecular formula is C15H24N2O. The van der Waals surface area contributed by atoms with Gasteiger partial charge in [0.2, 0.25) is 0 Å². The second-order valence-electron chi connectivity index (χ2n) is 5.13. The van der Waals surface area contributed by atoms with Gasteiger partial charge in [-0.2, -0.15) is 0 Å². The maximum absolute atomic E-state index is 6.20. The molecule has 1 heterocycles. The first-order valence-corrected chi connectivity index (χ1v) is 6.84. The van der Waals surface area contributed by atoms with Crippen LogP contribution in [0.15, 0.2) is 24.3 Å². The smallest absolute Gasteiger partial charge is 0.0508 e. The molecule has 1 saturated heterocycles. The fraction of sp³-hybridized carbons (Fsp3) is 0.600. The highest BCUT2D eigenvalue weighted by Gasteiger charge is 2.24. The van der Waals surface area contributed by atoms with Crippen LogP contribution in [0.25, 0.3) is 0 Å². The lowest BCUT2D eigenvalue weighted by Crippen LogP contribution is -2.24. The molecule has 1 aromatic rings. The summed E-state index contributed by atoms with van der Waals surface area (Å²) in [7, 11) is 1.78. The number of hydrogen-bond acceptors (Lipinski definition) is 3. The zero-order valence-corrected chi connectivity index (χ0v) is 11.4. The van der Waals surface area contributed by atoms with E-state index in [1.807, 2.05) is 0 Å². The minimum atomic E-state index is 0.141. The Balaban J connectivity index is 2.14. The summed E-state index contributed by atoms with van der Waals surface area (Å²) in [5.41, 5.74) is 8.79. The van der Waals surface area contributed by atoms with Gasteiger partial charge < -0.3 is 15.4 Å². The summed E-state index contributed by atoms with van der Waals surface area (Å²) in [5, 5.41) is 0. The fourth-order valence-electron chi connectivity index (χ4n) is 2.73. The average Bonchev–Trinajstić information content (AvgIpc) is 2.87. The number of rotatable bonds is 5. The number of methoxy groups -OCH3 is 1. The van der Waals surface area contributed by atoms with Gasteiger partial charge in [0.1, 0.15) is 0 Å².